The molecule has 0 aromatic carbocycles. The molecule has 0 radical (unpaired) electrons. The normalized spacial score (nSPS) is 17.7. The number of carbonyl (C=O) groups excluding carboxylic acids is 1. The highest BCUT2D eigenvalue weighted by Gasteiger charge is 2.45. The number of hydrogen-bond acceptors (Lipinski definition) is 3. The number of ether oxygens (including phenoxy) is 2. The van der Waals surface area contributed by atoms with Crippen LogP contribution in [0.25, 0.3) is 0 Å². The van der Waals surface area contributed by atoms with E-state index in [9.17, 15) is 4.79 Å². The highest BCUT2D eigenvalue weighted by molar-refractivity contribution is 5.69. The maximum Gasteiger partial charge on any atom is 0.408 e. The molecule has 0 unspecified atom stereocenters. The van der Waals surface area contributed by atoms with Gasteiger partial charge in [-0.2, -0.15) is 0 Å². The molecule has 1 aliphatic carbocycles. The molecular formula is C12H21NO3. The second kappa shape index (κ2) is 4.87. The fraction of sp³-hybridized carbons (Fsp3) is 0.750. The Morgan fingerprint density at radius 3 is 2.56 bits per heavy atom. The van der Waals surface area contributed by atoms with E-state index in [0.29, 0.717) is 13.2 Å². The number of rotatable bonds is 5. The van der Waals surface area contributed by atoms with Gasteiger partial charge in [-0.3, -0.25) is 0 Å². The minimum absolute atomic E-state index is 0.203. The minimum Gasteiger partial charge on any atom is -0.444 e. The number of nitrogens with one attached hydrogen (secondary N) is 1. The van der Waals surface area contributed by atoms with E-state index >= 15 is 0 Å². The first kappa shape index (κ1) is 13.0. The van der Waals surface area contributed by atoms with Crippen LogP contribution < -0.4 is 5.32 Å². The molecule has 1 saturated carbocycles. The van der Waals surface area contributed by atoms with E-state index in [1.165, 1.54) is 0 Å². The van der Waals surface area contributed by atoms with Gasteiger partial charge in [-0.25, -0.2) is 4.79 Å². The Morgan fingerprint density at radius 1 is 1.50 bits per heavy atom. The van der Waals surface area contributed by atoms with Crippen LogP contribution in [0.5, 0.6) is 0 Å². The van der Waals surface area contributed by atoms with Crippen LogP contribution in [-0.2, 0) is 9.47 Å². The summed E-state index contributed by atoms with van der Waals surface area (Å²) in [5, 5.41) is 2.86. The Labute approximate surface area is 97.0 Å². The van der Waals surface area contributed by atoms with Crippen LogP contribution in [-0.4, -0.2) is 30.4 Å². The number of alkyl carbamates (subject to hydrolysis) is 1. The molecule has 1 rings (SSSR count). The average Bonchev–Trinajstić information content (AvgIpc) is 2.82. The molecule has 0 aliphatic heterocycles. The van der Waals surface area contributed by atoms with E-state index in [0.717, 1.165) is 12.8 Å². The monoisotopic (exact) mass is 227 g/mol. The molecule has 16 heavy (non-hydrogen) atoms. The SMILES string of the molecule is C=CCOCC1(NC(=O)OC(C)(C)C)CC1. The predicted molar refractivity (Wildman–Crippen MR) is 62.4 cm³/mol. The molecule has 0 saturated heterocycles. The van der Waals surface area contributed by atoms with Crippen molar-refractivity contribution in [1.82, 2.24) is 5.32 Å². The number of hydrogen-bond donors (Lipinski definition) is 1. The van der Waals surface area contributed by atoms with Crippen molar-refractivity contribution < 1.29 is 14.3 Å². The third-order valence-electron chi connectivity index (χ3n) is 2.23. The summed E-state index contributed by atoms with van der Waals surface area (Å²) in [6, 6.07) is 0. The molecule has 0 bridgehead atoms. The molecule has 0 atom stereocenters. The molecule has 1 amide bonds. The molecule has 0 aromatic rings. The summed E-state index contributed by atoms with van der Waals surface area (Å²) < 4.78 is 10.5. The van der Waals surface area contributed by atoms with Crippen molar-refractivity contribution in [2.75, 3.05) is 13.2 Å². The zero-order valence-corrected chi connectivity index (χ0v) is 10.3. The van der Waals surface area contributed by atoms with Gasteiger partial charge in [-0.15, -0.1) is 6.58 Å². The van der Waals surface area contributed by atoms with Crippen LogP contribution in [0.4, 0.5) is 4.79 Å². The van der Waals surface area contributed by atoms with Crippen LogP contribution in [0.3, 0.4) is 0 Å². The van der Waals surface area contributed by atoms with Crippen LogP contribution in [0.2, 0.25) is 0 Å². The topological polar surface area (TPSA) is 47.6 Å². The van der Waals surface area contributed by atoms with Crippen molar-refractivity contribution in [3.05, 3.63) is 12.7 Å². The molecule has 92 valence electrons. The summed E-state index contributed by atoms with van der Waals surface area (Å²) in [5.41, 5.74) is -0.659. The summed E-state index contributed by atoms with van der Waals surface area (Å²) in [5.74, 6) is 0. The van der Waals surface area contributed by atoms with Crippen LogP contribution in [0.1, 0.15) is 33.6 Å². The molecule has 0 spiro atoms. The smallest absolute Gasteiger partial charge is 0.408 e. The molecule has 0 aromatic heterocycles. The Hall–Kier alpha value is -1.03. The Balaban J connectivity index is 2.30. The van der Waals surface area contributed by atoms with Crippen molar-refractivity contribution in [3.8, 4) is 0 Å². The maximum absolute atomic E-state index is 11.5. The lowest BCUT2D eigenvalue weighted by molar-refractivity contribution is 0.0439. The van der Waals surface area contributed by atoms with E-state index in [1.807, 2.05) is 20.8 Å². The van der Waals surface area contributed by atoms with Gasteiger partial charge in [0.25, 0.3) is 0 Å². The standard InChI is InChI=1S/C12H21NO3/c1-5-8-15-9-12(6-7-12)13-10(14)16-11(2,3)4/h5H,1,6-9H2,2-4H3,(H,13,14). The molecule has 0 heterocycles. The molecule has 1 N–H and O–H groups in total. The van der Waals surface area contributed by atoms with Gasteiger partial charge in [0.2, 0.25) is 0 Å². The minimum atomic E-state index is -0.456. The lowest BCUT2D eigenvalue weighted by Gasteiger charge is -2.23. The van der Waals surface area contributed by atoms with Crippen LogP contribution >= 0.6 is 0 Å². The van der Waals surface area contributed by atoms with Gasteiger partial charge in [0.15, 0.2) is 0 Å². The second-order valence-electron chi connectivity index (χ2n) is 5.21. The third-order valence-corrected chi connectivity index (χ3v) is 2.23. The summed E-state index contributed by atoms with van der Waals surface area (Å²) in [6.07, 6.45) is 3.23. The van der Waals surface area contributed by atoms with Gasteiger partial charge in [-0.05, 0) is 33.6 Å². The maximum atomic E-state index is 11.5. The van der Waals surface area contributed by atoms with Gasteiger partial charge >= 0.3 is 6.09 Å². The van der Waals surface area contributed by atoms with E-state index in [4.69, 9.17) is 9.47 Å². The van der Waals surface area contributed by atoms with Crippen molar-refractivity contribution in [3.63, 3.8) is 0 Å². The zero-order chi connectivity index (χ0) is 12.2. The van der Waals surface area contributed by atoms with Crippen molar-refractivity contribution in [1.29, 1.82) is 0 Å². The largest absolute Gasteiger partial charge is 0.444 e. The van der Waals surface area contributed by atoms with E-state index in [1.54, 1.807) is 6.08 Å². The van der Waals surface area contributed by atoms with E-state index < -0.39 is 5.60 Å². The third kappa shape index (κ3) is 4.66. The van der Waals surface area contributed by atoms with Crippen LogP contribution in [0, 0.1) is 0 Å². The van der Waals surface area contributed by atoms with E-state index in [2.05, 4.69) is 11.9 Å². The number of carbonyl (C=O) groups is 1. The van der Waals surface area contributed by atoms with Crippen molar-refractivity contribution in [2.24, 2.45) is 0 Å². The summed E-state index contributed by atoms with van der Waals surface area (Å²) in [4.78, 5) is 11.5. The quantitative estimate of drug-likeness (QED) is 0.579. The van der Waals surface area contributed by atoms with Gasteiger partial charge in [0, 0.05) is 0 Å². The fourth-order valence-corrected chi connectivity index (χ4v) is 1.31. The summed E-state index contributed by atoms with van der Waals surface area (Å²) in [6.45, 7) is 10.2. The highest BCUT2D eigenvalue weighted by atomic mass is 16.6. The van der Waals surface area contributed by atoms with Gasteiger partial charge in [-0.1, -0.05) is 6.08 Å². The van der Waals surface area contributed by atoms with Crippen molar-refractivity contribution in [2.45, 2.75) is 44.8 Å². The lowest BCUT2D eigenvalue weighted by Crippen LogP contribution is -2.43. The first-order chi connectivity index (χ1) is 7.37. The molecule has 1 fully saturated rings. The molecular weight excluding hydrogens is 206 g/mol. The Morgan fingerprint density at radius 2 is 2.12 bits per heavy atom. The molecule has 4 heteroatoms. The number of amides is 1. The first-order valence-corrected chi connectivity index (χ1v) is 5.57. The average molecular weight is 227 g/mol. The Kier molecular flexibility index (Phi) is 3.97. The van der Waals surface area contributed by atoms with Gasteiger partial charge < -0.3 is 14.8 Å². The van der Waals surface area contributed by atoms with Gasteiger partial charge in [0.1, 0.15) is 5.60 Å². The first-order valence-electron chi connectivity index (χ1n) is 5.57. The Bertz CT molecular complexity index is 264. The fourth-order valence-electron chi connectivity index (χ4n) is 1.31. The summed E-state index contributed by atoms with van der Waals surface area (Å²) in [7, 11) is 0. The summed E-state index contributed by atoms with van der Waals surface area (Å²) >= 11 is 0. The van der Waals surface area contributed by atoms with Crippen molar-refractivity contribution >= 4 is 6.09 Å². The van der Waals surface area contributed by atoms with Crippen LogP contribution in [0.15, 0.2) is 12.7 Å². The molecule has 4 nitrogen and oxygen atoms in total. The second-order valence-corrected chi connectivity index (χ2v) is 5.21. The lowest BCUT2D eigenvalue weighted by atomic mass is 10.2. The highest BCUT2D eigenvalue weighted by Crippen LogP contribution is 2.35. The van der Waals surface area contributed by atoms with E-state index in [-0.39, 0.29) is 11.6 Å². The predicted octanol–water partition coefficient (Wildman–Crippen LogP) is 2.25. The molecule has 1 aliphatic rings. The zero-order valence-electron chi connectivity index (χ0n) is 10.3. The van der Waals surface area contributed by atoms with Gasteiger partial charge in [0.05, 0.1) is 18.8 Å².